The molecule has 0 aliphatic carbocycles. The average molecular weight is 609 g/mol. The van der Waals surface area contributed by atoms with E-state index < -0.39 is 35.2 Å². The highest BCUT2D eigenvalue weighted by Crippen LogP contribution is 2.33. The van der Waals surface area contributed by atoms with Crippen LogP contribution >= 0.6 is 0 Å². The van der Waals surface area contributed by atoms with Crippen LogP contribution in [-0.4, -0.2) is 64.6 Å². The second kappa shape index (κ2) is 14.1. The summed E-state index contributed by atoms with van der Waals surface area (Å²) in [5, 5.41) is 4.94. The van der Waals surface area contributed by atoms with Crippen molar-refractivity contribution in [3.05, 3.63) is 94.7 Å². The van der Waals surface area contributed by atoms with Gasteiger partial charge in [0.15, 0.2) is 11.6 Å². The van der Waals surface area contributed by atoms with E-state index in [9.17, 15) is 28.0 Å². The van der Waals surface area contributed by atoms with Gasteiger partial charge in [-0.1, -0.05) is 24.3 Å². The molecule has 2 aromatic heterocycles. The van der Waals surface area contributed by atoms with Crippen LogP contribution in [0.15, 0.2) is 71.7 Å². The second-order valence-corrected chi connectivity index (χ2v) is 9.74. The Hall–Kier alpha value is -5.53. The van der Waals surface area contributed by atoms with Crippen molar-refractivity contribution in [2.24, 2.45) is 0 Å². The van der Waals surface area contributed by atoms with Crippen LogP contribution in [0.25, 0.3) is 11.0 Å². The molecule has 3 amide bonds. The van der Waals surface area contributed by atoms with Crippen molar-refractivity contribution in [2.45, 2.75) is 25.4 Å². The van der Waals surface area contributed by atoms with E-state index in [0.29, 0.717) is 0 Å². The van der Waals surface area contributed by atoms with E-state index in [4.69, 9.17) is 4.74 Å². The Balaban J connectivity index is 1.53. The number of fused-ring (bicyclic) bond motifs is 1. The summed E-state index contributed by atoms with van der Waals surface area (Å²) < 4.78 is 40.5. The van der Waals surface area contributed by atoms with Gasteiger partial charge >= 0.3 is 6.09 Å². The highest BCUT2D eigenvalue weighted by atomic mass is 19.2. The number of aromatic amines is 1. The van der Waals surface area contributed by atoms with Crippen molar-refractivity contribution in [2.75, 3.05) is 26.5 Å². The minimum atomic E-state index is -1.20. The highest BCUT2D eigenvalue weighted by Gasteiger charge is 2.23. The molecule has 4 aromatic rings. The Bertz CT molecular complexity index is 1750. The molecule has 0 saturated carbocycles. The van der Waals surface area contributed by atoms with Crippen molar-refractivity contribution in [3.8, 4) is 11.5 Å². The molecule has 2 heterocycles. The molecule has 4 rings (SSSR count). The fourth-order valence-corrected chi connectivity index (χ4v) is 4.10. The number of benzene rings is 2. The Kier molecular flexibility index (Phi) is 10.1. The molecule has 0 aliphatic heterocycles. The van der Waals surface area contributed by atoms with Crippen molar-refractivity contribution in [1.82, 2.24) is 24.8 Å². The second-order valence-electron chi connectivity index (χ2n) is 9.74. The third-order valence-corrected chi connectivity index (χ3v) is 6.36. The maximum Gasteiger partial charge on any atom is 0.407 e. The normalized spacial score (nSPS) is 11.8. The summed E-state index contributed by atoms with van der Waals surface area (Å²) in [5.41, 5.74) is -0.514. The van der Waals surface area contributed by atoms with Crippen molar-refractivity contribution in [3.63, 3.8) is 0 Å². The Morgan fingerprint density at radius 3 is 2.59 bits per heavy atom. The molecule has 0 saturated heterocycles. The number of anilines is 1. The van der Waals surface area contributed by atoms with Gasteiger partial charge in [-0.15, -0.1) is 0 Å². The summed E-state index contributed by atoms with van der Waals surface area (Å²) in [6.45, 7) is -0.139. The molecule has 230 valence electrons. The number of para-hydroxylation sites is 1. The van der Waals surface area contributed by atoms with E-state index in [1.54, 1.807) is 50.5 Å². The zero-order valence-electron chi connectivity index (χ0n) is 24.1. The monoisotopic (exact) mass is 608 g/mol. The number of halogens is 2. The van der Waals surface area contributed by atoms with Gasteiger partial charge in [0.1, 0.15) is 28.8 Å². The SMILES string of the molecule is COC(=O)N[C@@H](CC/C=C/C(=O)N(C)C)C(=O)Nc1cccn(Cc2nc3cc(F)c(F)c(Oc4ccccc4)c3[nH]2)c1=O. The molecule has 0 aliphatic rings. The first-order valence-electron chi connectivity index (χ1n) is 13.4. The molecule has 0 spiro atoms. The number of hydrogen-bond acceptors (Lipinski definition) is 7. The number of amides is 3. The smallest absolute Gasteiger partial charge is 0.407 e. The molecule has 14 heteroatoms. The predicted octanol–water partition coefficient (Wildman–Crippen LogP) is 3.93. The minimum absolute atomic E-state index is 0.0837. The van der Waals surface area contributed by atoms with Gasteiger partial charge in [-0.2, -0.15) is 4.39 Å². The van der Waals surface area contributed by atoms with E-state index >= 15 is 0 Å². The highest BCUT2D eigenvalue weighted by molar-refractivity contribution is 5.96. The third-order valence-electron chi connectivity index (χ3n) is 6.36. The van der Waals surface area contributed by atoms with E-state index in [1.807, 2.05) is 0 Å². The summed E-state index contributed by atoms with van der Waals surface area (Å²) in [6.07, 6.45) is 3.89. The molecule has 0 unspecified atom stereocenters. The lowest BCUT2D eigenvalue weighted by Gasteiger charge is -2.17. The molecule has 0 radical (unpaired) electrons. The van der Waals surface area contributed by atoms with E-state index in [2.05, 4.69) is 25.3 Å². The Morgan fingerprint density at radius 1 is 1.14 bits per heavy atom. The number of pyridine rings is 1. The number of methoxy groups -OCH3 is 1. The van der Waals surface area contributed by atoms with Gasteiger partial charge in [-0.25, -0.2) is 14.2 Å². The van der Waals surface area contributed by atoms with Crippen molar-refractivity contribution in [1.29, 1.82) is 0 Å². The molecule has 0 bridgehead atoms. The van der Waals surface area contributed by atoms with Crippen LogP contribution in [0.4, 0.5) is 19.3 Å². The van der Waals surface area contributed by atoms with Crippen molar-refractivity contribution < 1.29 is 32.6 Å². The zero-order valence-corrected chi connectivity index (χ0v) is 24.1. The maximum atomic E-state index is 14.7. The summed E-state index contributed by atoms with van der Waals surface area (Å²) in [5.74, 6) is -3.19. The lowest BCUT2D eigenvalue weighted by molar-refractivity contribution is -0.123. The largest absolute Gasteiger partial charge is 0.453 e. The van der Waals surface area contributed by atoms with Gasteiger partial charge in [0.2, 0.25) is 17.6 Å². The summed E-state index contributed by atoms with van der Waals surface area (Å²) in [6, 6.07) is 11.0. The molecule has 0 fully saturated rings. The van der Waals surface area contributed by atoms with Gasteiger partial charge < -0.3 is 34.6 Å². The van der Waals surface area contributed by atoms with Gasteiger partial charge in [-0.3, -0.25) is 14.4 Å². The van der Waals surface area contributed by atoms with Crippen LogP contribution < -0.4 is 20.9 Å². The number of allylic oxidation sites excluding steroid dienone is 1. The number of nitrogens with one attached hydrogen (secondary N) is 3. The van der Waals surface area contributed by atoms with E-state index in [-0.39, 0.29) is 59.3 Å². The lowest BCUT2D eigenvalue weighted by Crippen LogP contribution is -2.44. The first-order chi connectivity index (χ1) is 21.1. The van der Waals surface area contributed by atoms with Gasteiger partial charge in [-0.05, 0) is 43.2 Å². The molecule has 2 aromatic carbocycles. The third kappa shape index (κ3) is 7.65. The fourth-order valence-electron chi connectivity index (χ4n) is 4.10. The van der Waals surface area contributed by atoms with Crippen LogP contribution in [0.5, 0.6) is 11.5 Å². The topological polar surface area (TPSA) is 148 Å². The number of nitrogens with zero attached hydrogens (tertiary/aromatic N) is 3. The lowest BCUT2D eigenvalue weighted by atomic mass is 10.1. The van der Waals surface area contributed by atoms with Crippen molar-refractivity contribution >= 4 is 34.6 Å². The molecule has 44 heavy (non-hydrogen) atoms. The quantitative estimate of drug-likeness (QED) is 0.219. The molecule has 3 N–H and O–H groups in total. The first kappa shape index (κ1) is 31.4. The number of ether oxygens (including phenoxy) is 2. The number of H-pyrrole nitrogens is 1. The Labute approximate surface area is 250 Å². The Morgan fingerprint density at radius 2 is 1.89 bits per heavy atom. The minimum Gasteiger partial charge on any atom is -0.453 e. The van der Waals surface area contributed by atoms with E-state index in [0.717, 1.165) is 13.2 Å². The van der Waals surface area contributed by atoms with Crippen LogP contribution in [-0.2, 0) is 20.9 Å². The number of imidazole rings is 1. The molecular formula is C30H30F2N6O6. The van der Waals surface area contributed by atoms with Gasteiger partial charge in [0.25, 0.3) is 5.56 Å². The summed E-state index contributed by atoms with van der Waals surface area (Å²) in [4.78, 5) is 58.5. The summed E-state index contributed by atoms with van der Waals surface area (Å²) in [7, 11) is 4.34. The maximum absolute atomic E-state index is 14.7. The van der Waals surface area contributed by atoms with Crippen LogP contribution in [0.3, 0.4) is 0 Å². The van der Waals surface area contributed by atoms with E-state index in [1.165, 1.54) is 33.9 Å². The van der Waals surface area contributed by atoms with Crippen LogP contribution in [0.2, 0.25) is 0 Å². The van der Waals surface area contributed by atoms with Gasteiger partial charge in [0.05, 0.1) is 19.2 Å². The fraction of sp³-hybridized carbons (Fsp3) is 0.233. The number of likely N-dealkylation sites (N-methyl/N-ethyl adjacent to an activating group) is 1. The van der Waals surface area contributed by atoms with Crippen LogP contribution in [0, 0.1) is 11.6 Å². The number of alkyl carbamates (subject to hydrolysis) is 1. The number of hydrogen-bond donors (Lipinski definition) is 3. The van der Waals surface area contributed by atoms with Gasteiger partial charge in [0, 0.05) is 26.4 Å². The molecular weight excluding hydrogens is 578 g/mol. The predicted molar refractivity (Wildman–Crippen MR) is 157 cm³/mol. The number of carbonyl (C=O) groups excluding carboxylic acids is 3. The molecule has 12 nitrogen and oxygen atoms in total. The zero-order chi connectivity index (χ0) is 31.8. The van der Waals surface area contributed by atoms with Crippen LogP contribution in [0.1, 0.15) is 18.7 Å². The number of carbonyl (C=O) groups is 3. The number of aromatic nitrogens is 3. The summed E-state index contributed by atoms with van der Waals surface area (Å²) >= 11 is 0. The first-order valence-corrected chi connectivity index (χ1v) is 13.4. The number of rotatable bonds is 11. The standard InChI is InChI=1S/C30H30F2N6O6/c1-37(2)24(39)14-8-7-12-20(35-30(42)43-3)28(40)34-21-13-9-15-38(29(21)41)17-23-33-22-16-19(31)25(32)27(26(22)36-23)44-18-10-5-4-6-11-18/h4-6,8-11,13-16,20H,7,12,17H2,1-3H3,(H,33,36)(H,34,40)(H,35,42)/b14-8+/t20-/m0/s1. The molecule has 1 atom stereocenters. The average Bonchev–Trinajstić information content (AvgIpc) is 3.40.